The second-order valence-electron chi connectivity index (χ2n) is 4.66. The van der Waals surface area contributed by atoms with Crippen LogP contribution in [0.5, 0.6) is 0 Å². The summed E-state index contributed by atoms with van der Waals surface area (Å²) < 4.78 is 26.0. The summed E-state index contributed by atoms with van der Waals surface area (Å²) in [6.07, 6.45) is 0.493. The van der Waals surface area contributed by atoms with Crippen molar-refractivity contribution < 1.29 is 18.4 Å². The highest BCUT2D eigenvalue weighted by molar-refractivity contribution is 5.98. The Balaban J connectivity index is 2.41. The Morgan fingerprint density at radius 2 is 2.00 bits per heavy atom. The van der Waals surface area contributed by atoms with E-state index in [-0.39, 0.29) is 30.4 Å². The van der Waals surface area contributed by atoms with E-state index in [4.69, 9.17) is 5.73 Å². The number of halogens is 2. The molecule has 4 nitrogen and oxygen atoms in total. The van der Waals surface area contributed by atoms with Crippen LogP contribution in [-0.2, 0) is 4.79 Å². The first-order valence-electron chi connectivity index (χ1n) is 6.40. The van der Waals surface area contributed by atoms with Gasteiger partial charge in [-0.1, -0.05) is 0 Å². The fourth-order valence-corrected chi connectivity index (χ4v) is 1.60. The monoisotopic (exact) mass is 284 g/mol. The number of hydrogen-bond acceptors (Lipinski definition) is 3. The maximum atomic E-state index is 13.3. The van der Waals surface area contributed by atoms with Gasteiger partial charge in [0.15, 0.2) is 5.78 Å². The van der Waals surface area contributed by atoms with Gasteiger partial charge in [-0.3, -0.25) is 9.59 Å². The van der Waals surface area contributed by atoms with Crippen LogP contribution in [0.15, 0.2) is 18.2 Å². The molecule has 1 aromatic rings. The molecule has 3 N–H and O–H groups in total. The summed E-state index contributed by atoms with van der Waals surface area (Å²) in [5, 5.41) is 2.62. The molecule has 0 saturated heterocycles. The molecule has 1 rings (SSSR count). The molecule has 1 amide bonds. The topological polar surface area (TPSA) is 72.2 Å². The molecule has 110 valence electrons. The standard InChI is InChI=1S/C14H18F2N2O2/c1-9(17)6-7-18-14(20)5-4-13(19)11-3-2-10(15)8-12(11)16/h2-3,8-9H,4-7,17H2,1H3,(H,18,20). The van der Waals surface area contributed by atoms with Crippen LogP contribution in [-0.4, -0.2) is 24.3 Å². The van der Waals surface area contributed by atoms with E-state index in [0.717, 1.165) is 12.1 Å². The highest BCUT2D eigenvalue weighted by Crippen LogP contribution is 2.12. The van der Waals surface area contributed by atoms with Gasteiger partial charge in [-0.15, -0.1) is 0 Å². The summed E-state index contributed by atoms with van der Waals surface area (Å²) in [6, 6.07) is 2.74. The van der Waals surface area contributed by atoms with Crippen LogP contribution < -0.4 is 11.1 Å². The number of carbonyl (C=O) groups excluding carboxylic acids is 2. The van der Waals surface area contributed by atoms with Crippen LogP contribution in [0, 0.1) is 11.6 Å². The van der Waals surface area contributed by atoms with E-state index in [1.807, 2.05) is 6.92 Å². The summed E-state index contributed by atoms with van der Waals surface area (Å²) in [5.74, 6) is -2.47. The number of rotatable bonds is 7. The Labute approximate surface area is 116 Å². The third kappa shape index (κ3) is 5.44. The van der Waals surface area contributed by atoms with Crippen LogP contribution in [0.25, 0.3) is 0 Å². The van der Waals surface area contributed by atoms with Crippen molar-refractivity contribution in [3.63, 3.8) is 0 Å². The van der Waals surface area contributed by atoms with Crippen molar-refractivity contribution in [3.8, 4) is 0 Å². The van der Waals surface area contributed by atoms with Gasteiger partial charge < -0.3 is 11.1 Å². The van der Waals surface area contributed by atoms with Gasteiger partial charge in [-0.2, -0.15) is 0 Å². The Morgan fingerprint density at radius 1 is 1.30 bits per heavy atom. The zero-order chi connectivity index (χ0) is 15.1. The molecule has 0 saturated carbocycles. The summed E-state index contributed by atoms with van der Waals surface area (Å²) in [5.41, 5.74) is 5.33. The van der Waals surface area contributed by atoms with Gasteiger partial charge in [-0.25, -0.2) is 8.78 Å². The maximum Gasteiger partial charge on any atom is 0.220 e. The maximum absolute atomic E-state index is 13.3. The van der Waals surface area contributed by atoms with Crippen molar-refractivity contribution in [1.29, 1.82) is 0 Å². The number of nitrogens with two attached hydrogens (primary N) is 1. The van der Waals surface area contributed by atoms with E-state index >= 15 is 0 Å². The van der Waals surface area contributed by atoms with Gasteiger partial charge in [0, 0.05) is 31.5 Å². The third-order valence-corrected chi connectivity index (χ3v) is 2.73. The summed E-state index contributed by atoms with van der Waals surface area (Å²) in [7, 11) is 0. The number of nitrogens with one attached hydrogen (secondary N) is 1. The zero-order valence-electron chi connectivity index (χ0n) is 11.3. The van der Waals surface area contributed by atoms with E-state index < -0.39 is 17.4 Å². The molecule has 0 aromatic heterocycles. The van der Waals surface area contributed by atoms with Crippen molar-refractivity contribution in [2.75, 3.05) is 6.54 Å². The molecule has 0 heterocycles. The number of Topliss-reactive ketones (excluding diaryl/α,β-unsaturated/α-hetero) is 1. The van der Waals surface area contributed by atoms with Gasteiger partial charge in [0.2, 0.25) is 5.91 Å². The number of ketones is 1. The van der Waals surface area contributed by atoms with E-state index in [2.05, 4.69) is 5.32 Å². The van der Waals surface area contributed by atoms with Crippen molar-refractivity contribution in [1.82, 2.24) is 5.32 Å². The molecule has 0 aliphatic rings. The van der Waals surface area contributed by atoms with E-state index in [0.29, 0.717) is 19.0 Å². The molecule has 1 unspecified atom stereocenters. The highest BCUT2D eigenvalue weighted by atomic mass is 19.1. The van der Waals surface area contributed by atoms with E-state index in [1.165, 1.54) is 0 Å². The molecule has 20 heavy (non-hydrogen) atoms. The van der Waals surface area contributed by atoms with Crippen LogP contribution in [0.4, 0.5) is 8.78 Å². The SMILES string of the molecule is CC(N)CCNC(=O)CCC(=O)c1ccc(F)cc1F. The Bertz CT molecular complexity index is 490. The first kappa shape index (κ1) is 16.2. The second kappa shape index (κ2) is 7.69. The molecule has 0 aliphatic heterocycles. The fourth-order valence-electron chi connectivity index (χ4n) is 1.60. The average molecular weight is 284 g/mol. The Morgan fingerprint density at radius 3 is 2.60 bits per heavy atom. The average Bonchev–Trinajstić information content (AvgIpc) is 2.35. The summed E-state index contributed by atoms with van der Waals surface area (Å²) in [4.78, 5) is 23.1. The molecular formula is C14H18F2N2O2. The van der Waals surface area contributed by atoms with Crippen molar-refractivity contribution in [2.24, 2.45) is 5.73 Å². The minimum Gasteiger partial charge on any atom is -0.356 e. The Kier molecular flexibility index (Phi) is 6.24. The minimum atomic E-state index is -0.910. The highest BCUT2D eigenvalue weighted by Gasteiger charge is 2.14. The number of amides is 1. The van der Waals surface area contributed by atoms with Gasteiger partial charge in [0.25, 0.3) is 0 Å². The van der Waals surface area contributed by atoms with E-state index in [9.17, 15) is 18.4 Å². The lowest BCUT2D eigenvalue weighted by atomic mass is 10.1. The number of benzene rings is 1. The smallest absolute Gasteiger partial charge is 0.220 e. The minimum absolute atomic E-state index is 0.00903. The first-order valence-corrected chi connectivity index (χ1v) is 6.40. The van der Waals surface area contributed by atoms with Crippen LogP contribution >= 0.6 is 0 Å². The Hall–Kier alpha value is -1.82. The van der Waals surface area contributed by atoms with Gasteiger partial charge in [0.05, 0.1) is 5.56 Å². The molecule has 0 bridgehead atoms. The molecule has 0 fully saturated rings. The van der Waals surface area contributed by atoms with Gasteiger partial charge in [0.1, 0.15) is 11.6 Å². The van der Waals surface area contributed by atoms with Crippen molar-refractivity contribution >= 4 is 11.7 Å². The molecule has 1 aromatic carbocycles. The lowest BCUT2D eigenvalue weighted by Crippen LogP contribution is -2.29. The van der Waals surface area contributed by atoms with Gasteiger partial charge >= 0.3 is 0 Å². The molecule has 1 atom stereocenters. The summed E-state index contributed by atoms with van der Waals surface area (Å²) in [6.45, 7) is 2.27. The first-order chi connectivity index (χ1) is 9.40. The molecular weight excluding hydrogens is 266 g/mol. The number of hydrogen-bond donors (Lipinski definition) is 2. The van der Waals surface area contributed by atoms with Crippen molar-refractivity contribution in [2.45, 2.75) is 32.2 Å². The predicted octanol–water partition coefficient (Wildman–Crippen LogP) is 1.78. The molecule has 6 heteroatoms. The van der Waals surface area contributed by atoms with Crippen LogP contribution in [0.1, 0.15) is 36.5 Å². The predicted molar refractivity (Wildman–Crippen MR) is 71.2 cm³/mol. The normalized spacial score (nSPS) is 12.0. The molecule has 0 aliphatic carbocycles. The third-order valence-electron chi connectivity index (χ3n) is 2.73. The van der Waals surface area contributed by atoms with Crippen LogP contribution in [0.2, 0.25) is 0 Å². The summed E-state index contributed by atoms with van der Waals surface area (Å²) >= 11 is 0. The zero-order valence-corrected chi connectivity index (χ0v) is 11.3. The van der Waals surface area contributed by atoms with Gasteiger partial charge in [-0.05, 0) is 25.5 Å². The number of carbonyl (C=O) groups is 2. The van der Waals surface area contributed by atoms with E-state index in [1.54, 1.807) is 0 Å². The second-order valence-corrected chi connectivity index (χ2v) is 4.66. The quantitative estimate of drug-likeness (QED) is 0.750. The largest absolute Gasteiger partial charge is 0.356 e. The van der Waals surface area contributed by atoms with Crippen LogP contribution in [0.3, 0.4) is 0 Å². The lowest BCUT2D eigenvalue weighted by Gasteiger charge is -2.07. The fraction of sp³-hybridized carbons (Fsp3) is 0.429. The molecule has 0 radical (unpaired) electrons. The molecule has 0 spiro atoms. The van der Waals surface area contributed by atoms with Crippen molar-refractivity contribution in [3.05, 3.63) is 35.4 Å². The lowest BCUT2D eigenvalue weighted by molar-refractivity contribution is -0.121.